The van der Waals surface area contributed by atoms with Gasteiger partial charge in [-0.3, -0.25) is 4.79 Å². The number of esters is 1. The van der Waals surface area contributed by atoms with Crippen molar-refractivity contribution in [1.29, 1.82) is 0 Å². The molecule has 0 aromatic heterocycles. The van der Waals surface area contributed by atoms with Gasteiger partial charge in [-0.1, -0.05) is 13.8 Å². The van der Waals surface area contributed by atoms with Crippen LogP contribution in [0.15, 0.2) is 0 Å². The van der Waals surface area contributed by atoms with Gasteiger partial charge in [-0.25, -0.2) is 8.42 Å². The van der Waals surface area contributed by atoms with Gasteiger partial charge in [-0.2, -0.15) is 0 Å². The minimum Gasteiger partial charge on any atom is -0.468 e. The van der Waals surface area contributed by atoms with E-state index < -0.39 is 21.1 Å². The maximum absolute atomic E-state index is 11.2. The standard InChI is InChI=1S/C7H14O4S/c1-4-6(7(8)11-3)12(9,10)5-2/h6H,4-5H2,1-3H3. The molecule has 0 radical (unpaired) electrons. The van der Waals surface area contributed by atoms with Gasteiger partial charge in [0.2, 0.25) is 0 Å². The van der Waals surface area contributed by atoms with Gasteiger partial charge in [-0.05, 0) is 6.42 Å². The van der Waals surface area contributed by atoms with Gasteiger partial charge in [0.1, 0.15) is 0 Å². The van der Waals surface area contributed by atoms with Gasteiger partial charge < -0.3 is 4.74 Å². The van der Waals surface area contributed by atoms with E-state index in [1.54, 1.807) is 6.92 Å². The van der Waals surface area contributed by atoms with Crippen molar-refractivity contribution < 1.29 is 17.9 Å². The van der Waals surface area contributed by atoms with Gasteiger partial charge >= 0.3 is 5.97 Å². The summed E-state index contributed by atoms with van der Waals surface area (Å²) in [6, 6.07) is 0. The van der Waals surface area contributed by atoms with Crippen LogP contribution in [0.25, 0.3) is 0 Å². The lowest BCUT2D eigenvalue weighted by Gasteiger charge is -2.11. The third-order valence-corrected chi connectivity index (χ3v) is 3.87. The largest absolute Gasteiger partial charge is 0.468 e. The van der Waals surface area contributed by atoms with Crippen LogP contribution in [0.4, 0.5) is 0 Å². The summed E-state index contributed by atoms with van der Waals surface area (Å²) in [6.07, 6.45) is 0.267. The average molecular weight is 194 g/mol. The molecule has 0 aliphatic rings. The van der Waals surface area contributed by atoms with E-state index >= 15 is 0 Å². The Bertz CT molecular complexity index is 242. The first-order valence-corrected chi connectivity index (χ1v) is 5.50. The zero-order valence-electron chi connectivity index (χ0n) is 7.53. The van der Waals surface area contributed by atoms with E-state index in [1.165, 1.54) is 14.0 Å². The molecule has 0 amide bonds. The van der Waals surface area contributed by atoms with Gasteiger partial charge in [0.05, 0.1) is 7.11 Å². The lowest BCUT2D eigenvalue weighted by Crippen LogP contribution is -2.31. The van der Waals surface area contributed by atoms with E-state index in [1.807, 2.05) is 0 Å². The molecule has 0 saturated carbocycles. The number of carbonyl (C=O) groups excluding carboxylic acids is 1. The molecule has 72 valence electrons. The van der Waals surface area contributed by atoms with Crippen LogP contribution in [-0.2, 0) is 19.4 Å². The van der Waals surface area contributed by atoms with Crippen LogP contribution < -0.4 is 0 Å². The molecule has 0 aliphatic carbocycles. The van der Waals surface area contributed by atoms with E-state index in [4.69, 9.17) is 0 Å². The van der Waals surface area contributed by atoms with Crippen molar-refractivity contribution in [2.45, 2.75) is 25.5 Å². The Labute approximate surface area is 72.8 Å². The van der Waals surface area contributed by atoms with Gasteiger partial charge in [-0.15, -0.1) is 0 Å². The average Bonchev–Trinajstić information content (AvgIpc) is 2.05. The van der Waals surface area contributed by atoms with E-state index in [-0.39, 0.29) is 12.2 Å². The first-order valence-electron chi connectivity index (χ1n) is 3.79. The molecule has 0 fully saturated rings. The number of carbonyl (C=O) groups is 1. The topological polar surface area (TPSA) is 60.4 Å². The molecule has 4 nitrogen and oxygen atoms in total. The summed E-state index contributed by atoms with van der Waals surface area (Å²) in [5, 5.41) is -0.993. The smallest absolute Gasteiger partial charge is 0.324 e. The molecule has 0 aromatic rings. The zero-order chi connectivity index (χ0) is 9.78. The lowest BCUT2D eigenvalue weighted by molar-refractivity contribution is -0.140. The predicted molar refractivity (Wildman–Crippen MR) is 45.6 cm³/mol. The highest BCUT2D eigenvalue weighted by molar-refractivity contribution is 7.92. The minimum absolute atomic E-state index is 0.0272. The molecular weight excluding hydrogens is 180 g/mol. The van der Waals surface area contributed by atoms with Gasteiger partial charge in [0.15, 0.2) is 15.1 Å². The third-order valence-electron chi connectivity index (χ3n) is 1.67. The monoisotopic (exact) mass is 194 g/mol. The second kappa shape index (κ2) is 4.45. The molecule has 0 rings (SSSR count). The molecule has 0 saturated heterocycles. The summed E-state index contributed by atoms with van der Waals surface area (Å²) in [5.74, 6) is -0.694. The van der Waals surface area contributed by atoms with Crippen molar-refractivity contribution in [2.75, 3.05) is 12.9 Å². The molecule has 0 heterocycles. The molecule has 0 bridgehead atoms. The summed E-state index contributed by atoms with van der Waals surface area (Å²) in [5.41, 5.74) is 0. The van der Waals surface area contributed by atoms with E-state index in [0.717, 1.165) is 0 Å². The number of ether oxygens (including phenoxy) is 1. The van der Waals surface area contributed by atoms with E-state index in [2.05, 4.69) is 4.74 Å². The molecule has 1 unspecified atom stereocenters. The van der Waals surface area contributed by atoms with E-state index in [0.29, 0.717) is 0 Å². The molecule has 5 heteroatoms. The van der Waals surface area contributed by atoms with Gasteiger partial charge in [0.25, 0.3) is 0 Å². The lowest BCUT2D eigenvalue weighted by atomic mass is 10.3. The Morgan fingerprint density at radius 2 is 1.92 bits per heavy atom. The maximum atomic E-state index is 11.2. The Balaban J connectivity index is 4.68. The summed E-state index contributed by atoms with van der Waals surface area (Å²) >= 11 is 0. The highest BCUT2D eigenvalue weighted by Crippen LogP contribution is 2.08. The third kappa shape index (κ3) is 2.48. The van der Waals surface area contributed by atoms with Crippen LogP contribution in [-0.4, -0.2) is 32.5 Å². The van der Waals surface area contributed by atoms with Crippen LogP contribution in [0.5, 0.6) is 0 Å². The number of sulfone groups is 1. The Morgan fingerprint density at radius 3 is 2.17 bits per heavy atom. The normalized spacial score (nSPS) is 13.9. The van der Waals surface area contributed by atoms with Crippen LogP contribution in [0, 0.1) is 0 Å². The quantitative estimate of drug-likeness (QED) is 0.607. The van der Waals surface area contributed by atoms with E-state index in [9.17, 15) is 13.2 Å². The Morgan fingerprint density at radius 1 is 1.42 bits per heavy atom. The second-order valence-electron chi connectivity index (χ2n) is 2.37. The molecule has 0 spiro atoms. The number of hydrogen-bond acceptors (Lipinski definition) is 4. The van der Waals surface area contributed by atoms with Crippen LogP contribution >= 0.6 is 0 Å². The summed E-state index contributed by atoms with van der Waals surface area (Å²) in [4.78, 5) is 10.9. The SMILES string of the molecule is CCC(C(=O)OC)S(=O)(=O)CC. The molecule has 0 aromatic carbocycles. The highest BCUT2D eigenvalue weighted by atomic mass is 32.2. The van der Waals surface area contributed by atoms with Crippen molar-refractivity contribution in [2.24, 2.45) is 0 Å². The summed E-state index contributed by atoms with van der Waals surface area (Å²) < 4.78 is 26.8. The summed E-state index contributed by atoms with van der Waals surface area (Å²) in [6.45, 7) is 3.16. The molecule has 0 aliphatic heterocycles. The zero-order valence-corrected chi connectivity index (χ0v) is 8.35. The number of hydrogen-bond donors (Lipinski definition) is 0. The van der Waals surface area contributed by atoms with Crippen molar-refractivity contribution >= 4 is 15.8 Å². The fourth-order valence-electron chi connectivity index (χ4n) is 0.900. The Hall–Kier alpha value is -0.580. The predicted octanol–water partition coefficient (Wildman–Crippen LogP) is 0.373. The second-order valence-corrected chi connectivity index (χ2v) is 4.84. The molecule has 12 heavy (non-hydrogen) atoms. The van der Waals surface area contributed by atoms with Crippen molar-refractivity contribution in [3.63, 3.8) is 0 Å². The minimum atomic E-state index is -3.30. The molecule has 1 atom stereocenters. The van der Waals surface area contributed by atoms with Crippen molar-refractivity contribution in [1.82, 2.24) is 0 Å². The fourth-order valence-corrected chi connectivity index (χ4v) is 2.20. The first-order chi connectivity index (χ1) is 5.49. The number of rotatable bonds is 4. The Kier molecular flexibility index (Phi) is 4.23. The molecular formula is C7H14O4S. The highest BCUT2D eigenvalue weighted by Gasteiger charge is 2.29. The van der Waals surface area contributed by atoms with Crippen LogP contribution in [0.2, 0.25) is 0 Å². The first kappa shape index (κ1) is 11.4. The van der Waals surface area contributed by atoms with Crippen LogP contribution in [0.1, 0.15) is 20.3 Å². The van der Waals surface area contributed by atoms with Crippen molar-refractivity contribution in [3.05, 3.63) is 0 Å². The number of methoxy groups -OCH3 is 1. The van der Waals surface area contributed by atoms with Crippen LogP contribution in [0.3, 0.4) is 0 Å². The maximum Gasteiger partial charge on any atom is 0.324 e. The summed E-state index contributed by atoms with van der Waals surface area (Å²) in [7, 11) is -2.11. The van der Waals surface area contributed by atoms with Gasteiger partial charge in [0, 0.05) is 5.75 Å². The fraction of sp³-hybridized carbons (Fsp3) is 0.857. The van der Waals surface area contributed by atoms with Crippen molar-refractivity contribution in [3.8, 4) is 0 Å². The molecule has 0 N–H and O–H groups in total.